The Kier molecular flexibility index (Phi) is 14.5. The van der Waals surface area contributed by atoms with Crippen molar-refractivity contribution in [2.24, 2.45) is 0 Å². The minimum atomic E-state index is -0.764. The maximum atomic E-state index is 9.30. The van der Waals surface area contributed by atoms with Crippen molar-refractivity contribution in [1.82, 2.24) is 0 Å². The Bertz CT molecular complexity index is 615. The van der Waals surface area contributed by atoms with Gasteiger partial charge in [-0.3, -0.25) is 0 Å². The number of hydrogen-bond donors (Lipinski definition) is 1. The molecule has 144 valence electrons. The van der Waals surface area contributed by atoms with Crippen LogP contribution in [0.4, 0.5) is 0 Å². The first-order chi connectivity index (χ1) is 12.3. The predicted octanol–water partition coefficient (Wildman–Crippen LogP) is 5.37. The van der Waals surface area contributed by atoms with Gasteiger partial charge < -0.3 is 9.84 Å². The van der Waals surface area contributed by atoms with Crippen LogP contribution in [0.2, 0.25) is 0 Å². The summed E-state index contributed by atoms with van der Waals surface area (Å²) in [6.45, 7) is 1.62. The molecule has 0 spiro atoms. The molecule has 4 heteroatoms. The normalized spacial score (nSPS) is 10.3. The second-order valence-electron chi connectivity index (χ2n) is 5.48. The first-order valence-electron chi connectivity index (χ1n) is 8.37. The van der Waals surface area contributed by atoms with Crippen LogP contribution in [0.25, 0.3) is 0 Å². The van der Waals surface area contributed by atoms with Gasteiger partial charge in [0.25, 0.3) is 0 Å². The van der Waals surface area contributed by atoms with E-state index < -0.39 is 6.29 Å². The summed E-state index contributed by atoms with van der Waals surface area (Å²) in [4.78, 5) is 0. The second kappa shape index (κ2) is 15.4. The minimum absolute atomic E-state index is 0. The van der Waals surface area contributed by atoms with Gasteiger partial charge in [0.2, 0.25) is 0 Å². The fourth-order valence-corrected chi connectivity index (χ4v) is 2.32. The molecule has 4 rings (SSSR count). The van der Waals surface area contributed by atoms with Crippen LogP contribution in [0.1, 0.15) is 24.2 Å². The summed E-state index contributed by atoms with van der Waals surface area (Å²) < 4.78 is 5.49. The van der Waals surface area contributed by atoms with Crippen molar-refractivity contribution in [2.75, 3.05) is 0 Å². The average molecular weight is 444 g/mol. The number of ether oxygens (including phenoxy) is 1. The van der Waals surface area contributed by atoms with Gasteiger partial charge in [0.15, 0.2) is 0 Å². The molecule has 1 atom stereocenters. The van der Waals surface area contributed by atoms with Crippen molar-refractivity contribution in [3.05, 3.63) is 120 Å². The van der Waals surface area contributed by atoms with Crippen LogP contribution in [0.3, 0.4) is 0 Å². The van der Waals surface area contributed by atoms with E-state index in [0.29, 0.717) is 0 Å². The molecule has 2 nitrogen and oxygen atoms in total. The maximum Gasteiger partial charge on any atom is 2.00 e. The Hall–Kier alpha value is -1.64. The zero-order valence-corrected chi connectivity index (χ0v) is 17.3. The Morgan fingerprint density at radius 2 is 1.00 bits per heavy atom. The summed E-state index contributed by atoms with van der Waals surface area (Å²) in [6.07, 6.45) is -0.935. The third-order valence-corrected chi connectivity index (χ3v) is 3.43. The summed E-state index contributed by atoms with van der Waals surface area (Å²) in [6, 6.07) is 35.9. The van der Waals surface area contributed by atoms with Crippen molar-refractivity contribution < 1.29 is 44.0 Å². The van der Waals surface area contributed by atoms with E-state index in [1.807, 2.05) is 109 Å². The van der Waals surface area contributed by atoms with Gasteiger partial charge in [-0.05, 0) is 6.92 Å². The molecule has 4 aromatic rings. The van der Waals surface area contributed by atoms with Crippen LogP contribution in [-0.4, -0.2) is 11.4 Å². The maximum absolute atomic E-state index is 9.30. The monoisotopic (exact) mass is 444 g/mol. The third kappa shape index (κ3) is 10.3. The molecule has 0 saturated heterocycles. The van der Waals surface area contributed by atoms with Gasteiger partial charge in [0, 0.05) is 6.10 Å². The van der Waals surface area contributed by atoms with Crippen LogP contribution >= 0.6 is 0 Å². The molecule has 4 aromatic carbocycles. The molecule has 0 aliphatic carbocycles. The van der Waals surface area contributed by atoms with E-state index in [4.69, 9.17) is 4.74 Å². The molecule has 0 aliphatic heterocycles. The summed E-state index contributed by atoms with van der Waals surface area (Å²) in [7, 11) is 0. The summed E-state index contributed by atoms with van der Waals surface area (Å²) in [5, 5.41) is 9.30. The smallest absolute Gasteiger partial charge is 0.368 e. The van der Waals surface area contributed by atoms with Gasteiger partial charge in [-0.2, -0.15) is 60.7 Å². The first kappa shape index (κ1) is 25.4. The SMILES string of the molecule is CC(O)OC([c-]1cccc1)[c-]1cccc1.[Fe+2].[Fe+2].c1cc[cH-]c1.c1cc[cH-]c1. The zero-order chi connectivity index (χ0) is 17.7. The van der Waals surface area contributed by atoms with Gasteiger partial charge in [-0.15, -0.1) is 11.1 Å². The van der Waals surface area contributed by atoms with E-state index in [1.165, 1.54) is 0 Å². The summed E-state index contributed by atoms with van der Waals surface area (Å²) in [5.41, 5.74) is 2.14. The zero-order valence-electron chi connectivity index (χ0n) is 15.1. The largest absolute Gasteiger partial charge is 2.00 e. The molecule has 1 unspecified atom stereocenters. The minimum Gasteiger partial charge on any atom is -0.368 e. The van der Waals surface area contributed by atoms with Gasteiger partial charge in [0.05, 0.1) is 0 Å². The van der Waals surface area contributed by atoms with E-state index in [0.717, 1.165) is 11.1 Å². The molecule has 0 fully saturated rings. The molecular weight excluding hydrogens is 420 g/mol. The van der Waals surface area contributed by atoms with Crippen molar-refractivity contribution in [3.63, 3.8) is 0 Å². The molecule has 0 aliphatic rings. The molecule has 0 saturated carbocycles. The molecule has 0 radical (unpaired) electrons. The first-order valence-corrected chi connectivity index (χ1v) is 8.37. The van der Waals surface area contributed by atoms with Crippen LogP contribution in [-0.2, 0) is 38.9 Å². The van der Waals surface area contributed by atoms with Gasteiger partial charge >= 0.3 is 34.1 Å². The van der Waals surface area contributed by atoms with Crippen molar-refractivity contribution in [2.45, 2.75) is 19.3 Å². The van der Waals surface area contributed by atoms with Crippen LogP contribution < -0.4 is 0 Å². The Balaban J connectivity index is 0.000000465. The van der Waals surface area contributed by atoms with Crippen LogP contribution in [0.15, 0.2) is 109 Å². The Morgan fingerprint density at radius 3 is 1.22 bits per heavy atom. The second-order valence-corrected chi connectivity index (χ2v) is 5.48. The van der Waals surface area contributed by atoms with Crippen molar-refractivity contribution in [1.29, 1.82) is 0 Å². The molecular formula is C23H24Fe2O2. The number of rotatable bonds is 4. The number of aliphatic hydroxyl groups excluding tert-OH is 1. The quantitative estimate of drug-likeness (QED) is 0.261. The third-order valence-electron chi connectivity index (χ3n) is 3.43. The topological polar surface area (TPSA) is 29.5 Å². The molecule has 0 bridgehead atoms. The molecule has 0 amide bonds. The standard InChI is InChI=1S/C13H14O2.2C5H5.2Fe/c1-10(14)15-13(11-6-2-3-7-11)12-8-4-5-9-12;2*1-2-4-5-3-1;;/h2-10,13-14H,1H3;2*1-5H;;/q-2;2*-1;2*+2. The molecule has 0 aromatic heterocycles. The number of aliphatic hydroxyl groups is 1. The summed E-state index contributed by atoms with van der Waals surface area (Å²) in [5.74, 6) is 0. The molecule has 27 heavy (non-hydrogen) atoms. The predicted molar refractivity (Wildman–Crippen MR) is 103 cm³/mol. The van der Waals surface area contributed by atoms with E-state index in [-0.39, 0.29) is 40.2 Å². The van der Waals surface area contributed by atoms with Crippen LogP contribution in [0.5, 0.6) is 0 Å². The average Bonchev–Trinajstić information content (AvgIpc) is 3.45. The van der Waals surface area contributed by atoms with E-state index in [9.17, 15) is 5.11 Å². The Morgan fingerprint density at radius 1 is 0.667 bits per heavy atom. The van der Waals surface area contributed by atoms with Gasteiger partial charge in [-0.1, -0.05) is 0 Å². The van der Waals surface area contributed by atoms with Gasteiger partial charge in [0.1, 0.15) is 6.29 Å². The fraction of sp³-hybridized carbons (Fsp3) is 0.130. The van der Waals surface area contributed by atoms with Crippen molar-refractivity contribution in [3.8, 4) is 0 Å². The van der Waals surface area contributed by atoms with Crippen LogP contribution in [0, 0.1) is 0 Å². The Labute approximate surface area is 183 Å². The van der Waals surface area contributed by atoms with E-state index in [1.54, 1.807) is 6.92 Å². The van der Waals surface area contributed by atoms with Gasteiger partial charge in [-0.25, -0.2) is 48.5 Å². The van der Waals surface area contributed by atoms with Crippen molar-refractivity contribution >= 4 is 0 Å². The summed E-state index contributed by atoms with van der Waals surface area (Å²) >= 11 is 0. The molecule has 1 N–H and O–H groups in total. The molecule has 0 heterocycles. The van der Waals surface area contributed by atoms with E-state index in [2.05, 4.69) is 0 Å². The van der Waals surface area contributed by atoms with E-state index >= 15 is 0 Å². The fourth-order valence-electron chi connectivity index (χ4n) is 2.32. The number of hydrogen-bond acceptors (Lipinski definition) is 2.